The first-order valence-corrected chi connectivity index (χ1v) is 8.21. The van der Waals surface area contributed by atoms with Gasteiger partial charge in [0.05, 0.1) is 6.04 Å². The Bertz CT molecular complexity index is 631. The number of nitrogens with zero attached hydrogens (tertiary/aromatic N) is 1. The van der Waals surface area contributed by atoms with Crippen LogP contribution < -0.4 is 0 Å². The Balaban J connectivity index is 1.80. The summed E-state index contributed by atoms with van der Waals surface area (Å²) in [4.78, 5) is 15.9. The van der Waals surface area contributed by atoms with Gasteiger partial charge in [-0.15, -0.1) is 11.3 Å². The fourth-order valence-corrected chi connectivity index (χ4v) is 3.62. The number of carbonyl (C=O) groups excluding carboxylic acids is 1. The van der Waals surface area contributed by atoms with Gasteiger partial charge in [0.25, 0.3) is 0 Å². The van der Waals surface area contributed by atoms with Gasteiger partial charge >= 0.3 is 0 Å². The van der Waals surface area contributed by atoms with Crippen LogP contribution in [0.25, 0.3) is 6.08 Å². The minimum Gasteiger partial charge on any atom is -0.332 e. The molecule has 2 heterocycles. The molecule has 108 valence electrons. The smallest absolute Gasteiger partial charge is 0.250 e. The highest BCUT2D eigenvalue weighted by molar-refractivity contribution is 7.10. The van der Waals surface area contributed by atoms with Gasteiger partial charge in [-0.05, 0) is 42.9 Å². The van der Waals surface area contributed by atoms with Crippen LogP contribution in [0.5, 0.6) is 0 Å². The molecule has 21 heavy (non-hydrogen) atoms. The molecule has 0 radical (unpaired) electrons. The van der Waals surface area contributed by atoms with Crippen molar-refractivity contribution in [1.82, 2.24) is 4.90 Å². The highest BCUT2D eigenvalue weighted by atomic mass is 32.1. The van der Waals surface area contributed by atoms with Crippen molar-refractivity contribution in [1.29, 1.82) is 0 Å². The first-order valence-electron chi connectivity index (χ1n) is 7.33. The van der Waals surface area contributed by atoms with Gasteiger partial charge in [-0.1, -0.05) is 36.4 Å². The summed E-state index contributed by atoms with van der Waals surface area (Å²) < 4.78 is 0. The lowest BCUT2D eigenvalue weighted by molar-refractivity contribution is -0.127. The SMILES string of the molecule is C/C(=C\c1cccs1)C(=O)N1CCCC1c1ccccc1. The van der Waals surface area contributed by atoms with E-state index in [-0.39, 0.29) is 11.9 Å². The molecule has 1 aromatic heterocycles. The molecule has 1 unspecified atom stereocenters. The number of carbonyl (C=O) groups is 1. The van der Waals surface area contributed by atoms with Crippen LogP contribution in [0.4, 0.5) is 0 Å². The number of benzene rings is 1. The number of rotatable bonds is 3. The number of likely N-dealkylation sites (tertiary alicyclic amines) is 1. The van der Waals surface area contributed by atoms with E-state index < -0.39 is 0 Å². The minimum absolute atomic E-state index is 0.162. The van der Waals surface area contributed by atoms with Crippen LogP contribution in [0.1, 0.15) is 36.2 Å². The first-order chi connectivity index (χ1) is 10.3. The standard InChI is InChI=1S/C18H19NOS/c1-14(13-16-9-6-12-21-16)18(20)19-11-5-10-17(19)15-7-3-2-4-8-15/h2-4,6-9,12-13,17H,5,10-11H2,1H3/b14-13+. The zero-order chi connectivity index (χ0) is 14.7. The van der Waals surface area contributed by atoms with Gasteiger partial charge < -0.3 is 4.90 Å². The van der Waals surface area contributed by atoms with Crippen LogP contribution in [0.3, 0.4) is 0 Å². The highest BCUT2D eigenvalue weighted by Gasteiger charge is 2.30. The van der Waals surface area contributed by atoms with E-state index in [9.17, 15) is 4.79 Å². The van der Waals surface area contributed by atoms with E-state index in [4.69, 9.17) is 0 Å². The van der Waals surface area contributed by atoms with Crippen LogP contribution in [0.2, 0.25) is 0 Å². The average Bonchev–Trinajstić information content (AvgIpc) is 3.18. The van der Waals surface area contributed by atoms with Crippen molar-refractivity contribution < 1.29 is 4.79 Å². The molecular weight excluding hydrogens is 278 g/mol. The van der Waals surface area contributed by atoms with Crippen LogP contribution in [0, 0.1) is 0 Å². The summed E-state index contributed by atoms with van der Waals surface area (Å²) in [5.74, 6) is 0.162. The van der Waals surface area contributed by atoms with Crippen LogP contribution in [0.15, 0.2) is 53.4 Å². The molecular formula is C18H19NOS. The molecule has 2 aromatic rings. The second-order valence-corrected chi connectivity index (χ2v) is 6.39. The molecule has 1 saturated heterocycles. The molecule has 1 aliphatic heterocycles. The second-order valence-electron chi connectivity index (χ2n) is 5.41. The fraction of sp³-hybridized carbons (Fsp3) is 0.278. The third-order valence-electron chi connectivity index (χ3n) is 3.94. The van der Waals surface area contributed by atoms with Crippen LogP contribution in [-0.4, -0.2) is 17.4 Å². The summed E-state index contributed by atoms with van der Waals surface area (Å²) in [5, 5.41) is 2.03. The van der Waals surface area contributed by atoms with Gasteiger partial charge in [0.15, 0.2) is 0 Å². The molecule has 1 aliphatic rings. The molecule has 0 saturated carbocycles. The number of hydrogen-bond acceptors (Lipinski definition) is 2. The molecule has 3 rings (SSSR count). The molecule has 1 amide bonds. The van der Waals surface area contributed by atoms with Crippen LogP contribution in [-0.2, 0) is 4.79 Å². The van der Waals surface area contributed by atoms with Gasteiger partial charge in [0.2, 0.25) is 5.91 Å². The van der Waals surface area contributed by atoms with E-state index in [0.717, 1.165) is 29.8 Å². The monoisotopic (exact) mass is 297 g/mol. The summed E-state index contributed by atoms with van der Waals surface area (Å²) in [6, 6.07) is 14.6. The maximum absolute atomic E-state index is 12.7. The van der Waals surface area contributed by atoms with E-state index in [1.165, 1.54) is 5.56 Å². The van der Waals surface area contributed by atoms with Gasteiger partial charge in [-0.2, -0.15) is 0 Å². The van der Waals surface area contributed by atoms with E-state index in [1.54, 1.807) is 11.3 Å². The third-order valence-corrected chi connectivity index (χ3v) is 4.76. The summed E-state index contributed by atoms with van der Waals surface area (Å²) in [5.41, 5.74) is 2.06. The normalized spacial score (nSPS) is 19.0. The molecule has 1 fully saturated rings. The zero-order valence-corrected chi connectivity index (χ0v) is 13.0. The average molecular weight is 297 g/mol. The predicted octanol–water partition coefficient (Wildman–Crippen LogP) is 4.52. The Kier molecular flexibility index (Phi) is 4.20. The molecule has 0 spiro atoms. The Hall–Kier alpha value is -1.87. The Morgan fingerprint density at radius 3 is 2.76 bits per heavy atom. The van der Waals surface area contributed by atoms with Crippen molar-refractivity contribution >= 4 is 23.3 Å². The fourth-order valence-electron chi connectivity index (χ4n) is 2.91. The molecule has 3 heteroatoms. The Morgan fingerprint density at radius 2 is 2.05 bits per heavy atom. The molecule has 0 aliphatic carbocycles. The Morgan fingerprint density at radius 1 is 1.24 bits per heavy atom. The van der Waals surface area contributed by atoms with Crippen molar-refractivity contribution in [2.24, 2.45) is 0 Å². The van der Waals surface area contributed by atoms with Crippen molar-refractivity contribution in [2.75, 3.05) is 6.54 Å². The lowest BCUT2D eigenvalue weighted by Crippen LogP contribution is -2.31. The molecule has 1 aromatic carbocycles. The van der Waals surface area contributed by atoms with Gasteiger partial charge in [-0.25, -0.2) is 0 Å². The van der Waals surface area contributed by atoms with E-state index in [1.807, 2.05) is 53.6 Å². The van der Waals surface area contributed by atoms with Crippen molar-refractivity contribution in [2.45, 2.75) is 25.8 Å². The summed E-state index contributed by atoms with van der Waals surface area (Å²) in [6.45, 7) is 2.77. The Labute approximate surface area is 129 Å². The van der Waals surface area contributed by atoms with Gasteiger partial charge in [0.1, 0.15) is 0 Å². The minimum atomic E-state index is 0.162. The van der Waals surface area contributed by atoms with Crippen molar-refractivity contribution in [3.63, 3.8) is 0 Å². The molecule has 0 N–H and O–H groups in total. The topological polar surface area (TPSA) is 20.3 Å². The zero-order valence-electron chi connectivity index (χ0n) is 12.2. The van der Waals surface area contributed by atoms with E-state index in [2.05, 4.69) is 12.1 Å². The molecule has 1 atom stereocenters. The lowest BCUT2D eigenvalue weighted by Gasteiger charge is -2.25. The second kappa shape index (κ2) is 6.27. The van der Waals surface area contributed by atoms with Gasteiger partial charge in [0, 0.05) is 17.0 Å². The van der Waals surface area contributed by atoms with E-state index in [0.29, 0.717) is 0 Å². The molecule has 0 bridgehead atoms. The highest BCUT2D eigenvalue weighted by Crippen LogP contribution is 2.33. The summed E-state index contributed by atoms with van der Waals surface area (Å²) in [7, 11) is 0. The van der Waals surface area contributed by atoms with Crippen molar-refractivity contribution in [3.05, 3.63) is 63.9 Å². The summed E-state index contributed by atoms with van der Waals surface area (Å²) >= 11 is 1.66. The predicted molar refractivity (Wildman–Crippen MR) is 88.1 cm³/mol. The number of thiophene rings is 1. The van der Waals surface area contributed by atoms with Gasteiger partial charge in [-0.3, -0.25) is 4.79 Å². The largest absolute Gasteiger partial charge is 0.332 e. The third kappa shape index (κ3) is 3.08. The quantitative estimate of drug-likeness (QED) is 0.763. The maximum Gasteiger partial charge on any atom is 0.250 e. The molecule has 2 nitrogen and oxygen atoms in total. The van der Waals surface area contributed by atoms with Crippen molar-refractivity contribution in [3.8, 4) is 0 Å². The van der Waals surface area contributed by atoms with Crippen LogP contribution >= 0.6 is 11.3 Å². The number of hydrogen-bond donors (Lipinski definition) is 0. The lowest BCUT2D eigenvalue weighted by atomic mass is 10.0. The maximum atomic E-state index is 12.7. The van der Waals surface area contributed by atoms with E-state index >= 15 is 0 Å². The summed E-state index contributed by atoms with van der Waals surface area (Å²) in [6.07, 6.45) is 4.13. The first kappa shape index (κ1) is 14.1. The number of amides is 1.